The van der Waals surface area contributed by atoms with E-state index in [4.69, 9.17) is 26.4 Å². The van der Waals surface area contributed by atoms with E-state index >= 15 is 4.39 Å². The van der Waals surface area contributed by atoms with Crippen LogP contribution in [0.3, 0.4) is 0 Å². The lowest BCUT2D eigenvalue weighted by Crippen LogP contribution is -2.37. The van der Waals surface area contributed by atoms with Crippen molar-refractivity contribution < 1.29 is 28.2 Å². The summed E-state index contributed by atoms with van der Waals surface area (Å²) in [5, 5.41) is 0.620. The highest BCUT2D eigenvalue weighted by molar-refractivity contribution is 7.71. The third kappa shape index (κ3) is 4.58. The van der Waals surface area contributed by atoms with Gasteiger partial charge < -0.3 is 23.8 Å². The molecule has 35 heavy (non-hydrogen) atoms. The van der Waals surface area contributed by atoms with E-state index in [-0.39, 0.29) is 12.2 Å². The molecule has 3 heterocycles. The number of H-pyrrole nitrogens is 1. The lowest BCUT2D eigenvalue weighted by Gasteiger charge is -2.19. The Morgan fingerprint density at radius 1 is 1.03 bits per heavy atom. The van der Waals surface area contributed by atoms with Crippen LogP contribution >= 0.6 is 12.2 Å². The van der Waals surface area contributed by atoms with E-state index in [1.165, 1.54) is 10.9 Å². The quantitative estimate of drug-likeness (QED) is 0.314. The number of hydrogen-bond donors (Lipinski definition) is 1. The number of esters is 2. The average molecular weight is 494 g/mol. The number of halogens is 1. The number of benzene rings is 2. The van der Waals surface area contributed by atoms with Crippen LogP contribution < -0.4 is 0 Å². The van der Waals surface area contributed by atoms with Gasteiger partial charge in [-0.15, -0.1) is 0 Å². The zero-order valence-corrected chi connectivity index (χ0v) is 19.1. The Bertz CT molecular complexity index is 1410. The molecule has 0 bridgehead atoms. The van der Waals surface area contributed by atoms with Crippen molar-refractivity contribution in [3.63, 3.8) is 0 Å². The van der Waals surface area contributed by atoms with Gasteiger partial charge in [0.25, 0.3) is 0 Å². The van der Waals surface area contributed by atoms with Crippen LogP contribution in [0.15, 0.2) is 79.3 Å². The van der Waals surface area contributed by atoms with Crippen LogP contribution in [0.5, 0.6) is 0 Å². The summed E-state index contributed by atoms with van der Waals surface area (Å²) in [7, 11) is 0. The van der Waals surface area contributed by atoms with E-state index in [0.29, 0.717) is 21.2 Å². The molecule has 8 nitrogen and oxygen atoms in total. The van der Waals surface area contributed by atoms with Gasteiger partial charge in [0.2, 0.25) is 0 Å². The van der Waals surface area contributed by atoms with E-state index < -0.39 is 36.5 Å². The molecule has 0 radical (unpaired) electrons. The number of ether oxygens (including phenoxy) is 3. The number of carbonyl (C=O) groups excluding carboxylic acids is 2. The van der Waals surface area contributed by atoms with Crippen molar-refractivity contribution in [2.75, 3.05) is 6.61 Å². The lowest BCUT2D eigenvalue weighted by molar-refractivity contribution is -0.0568. The van der Waals surface area contributed by atoms with Gasteiger partial charge in [-0.05, 0) is 30.3 Å². The molecule has 1 fully saturated rings. The Balaban J connectivity index is 1.41. The van der Waals surface area contributed by atoms with Gasteiger partial charge >= 0.3 is 11.9 Å². The number of rotatable bonds is 6. The minimum absolute atomic E-state index is 0.268. The summed E-state index contributed by atoms with van der Waals surface area (Å²) >= 11 is 5.24. The Morgan fingerprint density at radius 2 is 1.69 bits per heavy atom. The van der Waals surface area contributed by atoms with Crippen molar-refractivity contribution in [1.29, 1.82) is 0 Å². The molecule has 0 spiro atoms. The molecule has 1 aliphatic heterocycles. The fourth-order valence-electron chi connectivity index (χ4n) is 3.98. The van der Waals surface area contributed by atoms with Gasteiger partial charge in [-0.3, -0.25) is 0 Å². The van der Waals surface area contributed by atoms with Crippen LogP contribution in [-0.4, -0.2) is 51.5 Å². The fraction of sp³-hybridized carbons (Fsp3) is 0.200. The number of aromatic nitrogens is 3. The monoisotopic (exact) mass is 493 g/mol. The summed E-state index contributed by atoms with van der Waals surface area (Å²) in [5.41, 5.74) is 1.12. The molecule has 0 saturated carbocycles. The summed E-state index contributed by atoms with van der Waals surface area (Å²) in [6.07, 6.45) is -2.25. The molecule has 0 unspecified atom stereocenters. The minimum atomic E-state index is -1.76. The van der Waals surface area contributed by atoms with Crippen molar-refractivity contribution in [3.8, 4) is 0 Å². The van der Waals surface area contributed by atoms with Gasteiger partial charge in [-0.25, -0.2) is 19.0 Å². The minimum Gasteiger partial charge on any atom is -0.459 e. The van der Waals surface area contributed by atoms with E-state index in [9.17, 15) is 9.59 Å². The van der Waals surface area contributed by atoms with Gasteiger partial charge in [-0.2, -0.15) is 0 Å². The molecular formula is C25H20FN3O5S. The number of aromatic amines is 1. The number of carbonyl (C=O) groups is 2. The van der Waals surface area contributed by atoms with Crippen LogP contribution in [0.2, 0.25) is 0 Å². The van der Waals surface area contributed by atoms with Crippen molar-refractivity contribution >= 4 is 35.2 Å². The third-order valence-corrected chi connectivity index (χ3v) is 6.04. The van der Waals surface area contributed by atoms with Gasteiger partial charge in [-0.1, -0.05) is 48.6 Å². The molecule has 4 atom stereocenters. The normalized spacial score (nSPS) is 21.6. The molecule has 4 aromatic rings. The summed E-state index contributed by atoms with van der Waals surface area (Å²) < 4.78 is 34.6. The predicted octanol–water partition coefficient (Wildman–Crippen LogP) is 4.41. The van der Waals surface area contributed by atoms with Gasteiger partial charge in [0.05, 0.1) is 22.8 Å². The molecule has 10 heteroatoms. The molecule has 1 saturated heterocycles. The summed E-state index contributed by atoms with van der Waals surface area (Å²) in [4.78, 5) is 32.1. The standard InChI is InChI=1S/C25H20FN3O5S/c26-19-20(34-25(31)16-9-5-2-6-10-16)18(13-32-24(30)15-7-3-1-4-8-15)33-23(19)29-12-11-17-21(29)27-14-28-22(17)35/h1-12,14,18-20,23H,13H2,(H,27,28,35)/t18-,19+,20-,23-/m1/s1. The number of hydrogen-bond acceptors (Lipinski definition) is 7. The second kappa shape index (κ2) is 9.77. The molecule has 2 aromatic heterocycles. The SMILES string of the molecule is O=C(OC[C@H]1O[C@@H](n2ccc3c(=S)nc[nH]c32)[C@@H](F)[C@@H]1OC(=O)c1ccccc1)c1ccccc1. The van der Waals surface area contributed by atoms with Crippen LogP contribution in [0.4, 0.5) is 4.39 Å². The number of nitrogens with zero attached hydrogens (tertiary/aromatic N) is 2. The van der Waals surface area contributed by atoms with Crippen LogP contribution in [0, 0.1) is 4.64 Å². The Morgan fingerprint density at radius 3 is 2.37 bits per heavy atom. The average Bonchev–Trinajstić information content (AvgIpc) is 3.45. The summed E-state index contributed by atoms with van der Waals surface area (Å²) in [5.74, 6) is -1.30. The number of alkyl halides is 1. The zero-order valence-electron chi connectivity index (χ0n) is 18.2. The highest BCUT2D eigenvalue weighted by atomic mass is 32.1. The van der Waals surface area contributed by atoms with Crippen molar-refractivity contribution in [1.82, 2.24) is 14.5 Å². The first-order chi connectivity index (χ1) is 17.0. The molecule has 5 rings (SSSR count). The summed E-state index contributed by atoms with van der Waals surface area (Å²) in [6.45, 7) is -0.311. The first-order valence-electron chi connectivity index (χ1n) is 10.8. The number of fused-ring (bicyclic) bond motifs is 1. The third-order valence-electron chi connectivity index (χ3n) is 5.71. The maximum atomic E-state index is 15.8. The Kier molecular flexibility index (Phi) is 6.39. The first-order valence-corrected chi connectivity index (χ1v) is 11.3. The van der Waals surface area contributed by atoms with E-state index in [2.05, 4.69) is 9.97 Å². The molecular weight excluding hydrogens is 473 g/mol. The van der Waals surface area contributed by atoms with Gasteiger partial charge in [0.1, 0.15) is 23.0 Å². The van der Waals surface area contributed by atoms with E-state index in [1.54, 1.807) is 72.9 Å². The topological polar surface area (TPSA) is 95.4 Å². The molecule has 2 aromatic carbocycles. The fourth-order valence-corrected chi connectivity index (χ4v) is 4.20. The zero-order chi connectivity index (χ0) is 24.4. The van der Waals surface area contributed by atoms with Crippen LogP contribution in [0.25, 0.3) is 11.0 Å². The first kappa shape index (κ1) is 22.9. The molecule has 178 valence electrons. The highest BCUT2D eigenvalue weighted by Gasteiger charge is 2.49. The van der Waals surface area contributed by atoms with Gasteiger partial charge in [0, 0.05) is 6.20 Å². The maximum absolute atomic E-state index is 15.8. The smallest absolute Gasteiger partial charge is 0.338 e. The van der Waals surface area contributed by atoms with Crippen LogP contribution in [0.1, 0.15) is 26.9 Å². The Hall–Kier alpha value is -3.89. The predicted molar refractivity (Wildman–Crippen MR) is 126 cm³/mol. The molecule has 0 amide bonds. The highest BCUT2D eigenvalue weighted by Crippen LogP contribution is 2.36. The molecule has 0 aliphatic carbocycles. The second-order valence-corrected chi connectivity index (χ2v) is 8.29. The van der Waals surface area contributed by atoms with Crippen molar-refractivity contribution in [2.24, 2.45) is 0 Å². The molecule has 1 aliphatic rings. The van der Waals surface area contributed by atoms with Crippen molar-refractivity contribution in [3.05, 3.63) is 95.0 Å². The largest absolute Gasteiger partial charge is 0.459 e. The van der Waals surface area contributed by atoms with E-state index in [1.807, 2.05) is 0 Å². The Labute approximate surface area is 204 Å². The van der Waals surface area contributed by atoms with Crippen molar-refractivity contribution in [2.45, 2.75) is 24.6 Å². The summed E-state index contributed by atoms with van der Waals surface area (Å²) in [6, 6.07) is 18.3. The van der Waals surface area contributed by atoms with Crippen LogP contribution in [-0.2, 0) is 14.2 Å². The second-order valence-electron chi connectivity index (χ2n) is 7.90. The van der Waals surface area contributed by atoms with Gasteiger partial charge in [0.15, 0.2) is 18.5 Å². The number of nitrogens with one attached hydrogen (secondary N) is 1. The van der Waals surface area contributed by atoms with E-state index in [0.717, 1.165) is 0 Å². The maximum Gasteiger partial charge on any atom is 0.338 e. The molecule has 1 N–H and O–H groups in total. The lowest BCUT2D eigenvalue weighted by atomic mass is 10.1.